The molecule has 1 aliphatic heterocycles. The Balaban J connectivity index is 1.97. The fourth-order valence-electron chi connectivity index (χ4n) is 2.15. The Morgan fingerprint density at radius 3 is 2.88 bits per heavy atom. The zero-order valence-electron chi connectivity index (χ0n) is 10.2. The lowest BCUT2D eigenvalue weighted by molar-refractivity contribution is -0.0103. The number of hydrogen-bond acceptors (Lipinski definition) is 3. The fourth-order valence-corrected chi connectivity index (χ4v) is 2.15. The molecule has 1 atom stereocenters. The largest absolute Gasteiger partial charge is 0.378 e. The lowest BCUT2D eigenvalue weighted by Gasteiger charge is -2.35. The van der Waals surface area contributed by atoms with Gasteiger partial charge in [0.2, 0.25) is 0 Å². The molecule has 0 saturated carbocycles. The van der Waals surface area contributed by atoms with Crippen LogP contribution in [0, 0.1) is 5.82 Å². The quantitative estimate of drug-likeness (QED) is 0.854. The molecule has 0 radical (unpaired) electrons. The number of hydrogen-bond donors (Lipinski definition) is 1. The summed E-state index contributed by atoms with van der Waals surface area (Å²) in [5.74, 6) is -0.178. The Morgan fingerprint density at radius 1 is 1.41 bits per heavy atom. The van der Waals surface area contributed by atoms with Gasteiger partial charge in [-0.25, -0.2) is 4.39 Å². The molecule has 2 rings (SSSR count). The summed E-state index contributed by atoms with van der Waals surface area (Å²) in [5.41, 5.74) is 1.15. The van der Waals surface area contributed by atoms with E-state index in [1.165, 1.54) is 12.1 Å². The lowest BCUT2D eigenvalue weighted by atomic mass is 10.1. The summed E-state index contributed by atoms with van der Waals surface area (Å²) in [7, 11) is 1.95. The van der Waals surface area contributed by atoms with Gasteiger partial charge in [0.1, 0.15) is 5.82 Å². The third-order valence-electron chi connectivity index (χ3n) is 3.09. The number of ether oxygens (including phenoxy) is 1. The van der Waals surface area contributed by atoms with Crippen LogP contribution in [0.1, 0.15) is 5.56 Å². The van der Waals surface area contributed by atoms with Gasteiger partial charge in [0, 0.05) is 25.7 Å². The summed E-state index contributed by atoms with van der Waals surface area (Å²) in [6.07, 6.45) is 0. The van der Waals surface area contributed by atoms with Crippen LogP contribution in [-0.2, 0) is 11.3 Å². The van der Waals surface area contributed by atoms with Gasteiger partial charge in [-0.15, -0.1) is 0 Å². The molecule has 3 nitrogen and oxygen atoms in total. The van der Waals surface area contributed by atoms with Gasteiger partial charge in [-0.1, -0.05) is 12.1 Å². The van der Waals surface area contributed by atoms with Crippen molar-refractivity contribution >= 4 is 0 Å². The molecular weight excluding hydrogens is 219 g/mol. The maximum atomic E-state index is 12.8. The van der Waals surface area contributed by atoms with Crippen molar-refractivity contribution in [1.29, 1.82) is 0 Å². The van der Waals surface area contributed by atoms with Gasteiger partial charge >= 0.3 is 0 Å². The van der Waals surface area contributed by atoms with E-state index in [4.69, 9.17) is 4.74 Å². The minimum Gasteiger partial charge on any atom is -0.378 e. The van der Waals surface area contributed by atoms with E-state index >= 15 is 0 Å². The Labute approximate surface area is 102 Å². The second kappa shape index (κ2) is 6.10. The van der Waals surface area contributed by atoms with Crippen LogP contribution in [0.25, 0.3) is 0 Å². The van der Waals surface area contributed by atoms with Crippen LogP contribution >= 0.6 is 0 Å². The molecule has 0 bridgehead atoms. The molecule has 0 spiro atoms. The van der Waals surface area contributed by atoms with Crippen LogP contribution in [0.5, 0.6) is 0 Å². The second-order valence-electron chi connectivity index (χ2n) is 4.38. The molecule has 1 saturated heterocycles. The molecule has 1 aromatic rings. The van der Waals surface area contributed by atoms with Gasteiger partial charge in [0.25, 0.3) is 0 Å². The summed E-state index contributed by atoms with van der Waals surface area (Å²) in [4.78, 5) is 2.38. The van der Waals surface area contributed by atoms with E-state index in [0.29, 0.717) is 6.04 Å². The molecule has 94 valence electrons. The smallest absolute Gasteiger partial charge is 0.123 e. The highest BCUT2D eigenvalue weighted by atomic mass is 19.1. The third-order valence-corrected chi connectivity index (χ3v) is 3.09. The normalized spacial score (nSPS) is 21.6. The average Bonchev–Trinajstić information content (AvgIpc) is 2.35. The fraction of sp³-hybridized carbons (Fsp3) is 0.538. The number of halogens is 1. The molecule has 4 heteroatoms. The topological polar surface area (TPSA) is 24.5 Å². The van der Waals surface area contributed by atoms with Crippen LogP contribution in [0.4, 0.5) is 4.39 Å². The third kappa shape index (κ3) is 3.49. The van der Waals surface area contributed by atoms with Crippen LogP contribution in [0.3, 0.4) is 0 Å². The number of likely N-dealkylation sites (N-methyl/N-ethyl adjacent to an activating group) is 1. The van der Waals surface area contributed by atoms with Crippen molar-refractivity contribution in [3.63, 3.8) is 0 Å². The van der Waals surface area contributed by atoms with E-state index in [1.54, 1.807) is 0 Å². The number of rotatable bonds is 4. The molecule has 1 unspecified atom stereocenters. The average molecular weight is 238 g/mol. The van der Waals surface area contributed by atoms with Crippen molar-refractivity contribution in [2.45, 2.75) is 12.6 Å². The Bertz CT molecular complexity index is 340. The van der Waals surface area contributed by atoms with Gasteiger partial charge in [-0.2, -0.15) is 0 Å². The van der Waals surface area contributed by atoms with Crippen LogP contribution in [0.15, 0.2) is 24.3 Å². The first-order chi connectivity index (χ1) is 8.29. The predicted octanol–water partition coefficient (Wildman–Crippen LogP) is 1.25. The van der Waals surface area contributed by atoms with Gasteiger partial charge in [0.15, 0.2) is 0 Å². The van der Waals surface area contributed by atoms with Crippen LogP contribution < -0.4 is 5.32 Å². The first-order valence-electron chi connectivity index (χ1n) is 6.00. The van der Waals surface area contributed by atoms with Crippen molar-refractivity contribution < 1.29 is 9.13 Å². The number of nitrogens with one attached hydrogen (secondary N) is 1. The molecule has 1 N–H and O–H groups in total. The Morgan fingerprint density at radius 2 is 2.18 bits per heavy atom. The molecule has 0 aromatic heterocycles. The highest BCUT2D eigenvalue weighted by Gasteiger charge is 2.22. The van der Waals surface area contributed by atoms with Gasteiger partial charge in [-0.05, 0) is 24.7 Å². The molecule has 1 aromatic carbocycles. The predicted molar refractivity (Wildman–Crippen MR) is 65.3 cm³/mol. The molecule has 17 heavy (non-hydrogen) atoms. The second-order valence-corrected chi connectivity index (χ2v) is 4.38. The number of nitrogens with zero attached hydrogens (tertiary/aromatic N) is 1. The van der Waals surface area contributed by atoms with Gasteiger partial charge < -0.3 is 10.1 Å². The molecule has 0 amide bonds. The van der Waals surface area contributed by atoms with Gasteiger partial charge in [-0.3, -0.25) is 4.90 Å². The van der Waals surface area contributed by atoms with E-state index < -0.39 is 0 Å². The molecule has 1 fully saturated rings. The zero-order valence-corrected chi connectivity index (χ0v) is 10.2. The maximum absolute atomic E-state index is 12.8. The number of benzene rings is 1. The van der Waals surface area contributed by atoms with Crippen molar-refractivity contribution in [3.8, 4) is 0 Å². The van der Waals surface area contributed by atoms with Crippen molar-refractivity contribution in [2.75, 3.05) is 33.4 Å². The summed E-state index contributed by atoms with van der Waals surface area (Å²) in [6, 6.07) is 7.13. The summed E-state index contributed by atoms with van der Waals surface area (Å²) < 4.78 is 18.3. The van der Waals surface area contributed by atoms with Crippen LogP contribution in [0.2, 0.25) is 0 Å². The molecule has 0 aliphatic carbocycles. The number of morpholine rings is 1. The first-order valence-corrected chi connectivity index (χ1v) is 6.00. The molecular formula is C13H19FN2O. The standard InChI is InChI=1S/C13H19FN2O/c1-15-8-13-10-17-7-6-16(13)9-11-2-4-12(14)5-3-11/h2-5,13,15H,6-10H2,1H3. The minimum atomic E-state index is -0.178. The van der Waals surface area contributed by atoms with Crippen molar-refractivity contribution in [3.05, 3.63) is 35.6 Å². The van der Waals surface area contributed by atoms with E-state index in [2.05, 4.69) is 10.2 Å². The first kappa shape index (κ1) is 12.5. The van der Waals surface area contributed by atoms with E-state index in [9.17, 15) is 4.39 Å². The van der Waals surface area contributed by atoms with Crippen molar-refractivity contribution in [2.24, 2.45) is 0 Å². The van der Waals surface area contributed by atoms with E-state index in [1.807, 2.05) is 19.2 Å². The molecule has 1 aliphatic rings. The van der Waals surface area contributed by atoms with Crippen molar-refractivity contribution in [1.82, 2.24) is 10.2 Å². The monoisotopic (exact) mass is 238 g/mol. The van der Waals surface area contributed by atoms with E-state index in [0.717, 1.165) is 38.4 Å². The highest BCUT2D eigenvalue weighted by Crippen LogP contribution is 2.12. The van der Waals surface area contributed by atoms with E-state index in [-0.39, 0.29) is 5.82 Å². The molecule has 1 heterocycles. The van der Waals surface area contributed by atoms with Gasteiger partial charge in [0.05, 0.1) is 13.2 Å². The summed E-state index contributed by atoms with van der Waals surface area (Å²) in [5, 5.41) is 3.18. The lowest BCUT2D eigenvalue weighted by Crippen LogP contribution is -2.49. The Hall–Kier alpha value is -0.970. The van der Waals surface area contributed by atoms with Crippen LogP contribution in [-0.4, -0.2) is 44.3 Å². The summed E-state index contributed by atoms with van der Waals surface area (Å²) >= 11 is 0. The highest BCUT2D eigenvalue weighted by molar-refractivity contribution is 5.16. The zero-order chi connectivity index (χ0) is 12.1. The summed E-state index contributed by atoms with van der Waals surface area (Å²) in [6.45, 7) is 4.25. The Kier molecular flexibility index (Phi) is 4.48. The minimum absolute atomic E-state index is 0.178. The SMILES string of the molecule is CNCC1COCCN1Cc1ccc(F)cc1. The maximum Gasteiger partial charge on any atom is 0.123 e.